The molecule has 124 valence electrons. The molecule has 0 radical (unpaired) electrons. The number of hydrogen-bond donors (Lipinski definition) is 0. The Hall–Kier alpha value is -1.77. The molecular weight excluding hydrogens is 286 g/mol. The number of amides is 1. The molecule has 1 saturated carbocycles. The molecule has 23 heavy (non-hydrogen) atoms. The molecule has 0 N–H and O–H groups in total. The minimum absolute atomic E-state index is 0.222. The number of allylic oxidation sites excluding steroid dienone is 2. The van der Waals surface area contributed by atoms with Gasteiger partial charge >= 0.3 is 6.09 Å². The van der Waals surface area contributed by atoms with Gasteiger partial charge in [-0.15, -0.1) is 0 Å². The number of fused-ring (bicyclic) bond motifs is 2. The lowest BCUT2D eigenvalue weighted by molar-refractivity contribution is 0.116. The van der Waals surface area contributed by atoms with E-state index in [0.717, 1.165) is 19.4 Å². The number of hydrogen-bond acceptors (Lipinski definition) is 2. The molecule has 0 saturated heterocycles. The summed E-state index contributed by atoms with van der Waals surface area (Å²) < 4.78 is 5.03. The van der Waals surface area contributed by atoms with Crippen molar-refractivity contribution in [2.45, 2.75) is 50.9 Å². The zero-order valence-electron chi connectivity index (χ0n) is 14.3. The normalized spacial score (nSPS) is 17.9. The molecule has 2 aliphatic carbocycles. The van der Waals surface area contributed by atoms with Crippen LogP contribution in [0.2, 0.25) is 0 Å². The summed E-state index contributed by atoms with van der Waals surface area (Å²) in [7, 11) is 1.81. The Balaban J connectivity index is 1.65. The first-order chi connectivity index (χ1) is 11.2. The highest BCUT2D eigenvalue weighted by Gasteiger charge is 2.39. The van der Waals surface area contributed by atoms with Gasteiger partial charge in [0.05, 0.1) is 6.61 Å². The first-order valence-corrected chi connectivity index (χ1v) is 8.86. The number of benzene rings is 1. The van der Waals surface area contributed by atoms with Crippen LogP contribution in [0.4, 0.5) is 4.79 Å². The fraction of sp³-hybridized carbons (Fsp3) is 0.550. The van der Waals surface area contributed by atoms with Crippen molar-refractivity contribution < 1.29 is 9.53 Å². The Morgan fingerprint density at radius 2 is 2.00 bits per heavy atom. The van der Waals surface area contributed by atoms with Crippen molar-refractivity contribution in [1.29, 1.82) is 0 Å². The van der Waals surface area contributed by atoms with Crippen LogP contribution in [0, 0.1) is 0 Å². The molecule has 1 aromatic carbocycles. The molecule has 0 bridgehead atoms. The molecule has 0 unspecified atom stereocenters. The third-order valence-electron chi connectivity index (χ3n) is 5.27. The number of rotatable bonds is 5. The van der Waals surface area contributed by atoms with Crippen LogP contribution in [-0.2, 0) is 10.2 Å². The van der Waals surface area contributed by atoms with Gasteiger partial charge in [-0.25, -0.2) is 4.79 Å². The first kappa shape index (κ1) is 16.1. The second-order valence-corrected chi connectivity index (χ2v) is 6.80. The van der Waals surface area contributed by atoms with E-state index in [2.05, 4.69) is 30.3 Å². The SMILES string of the molecule is CCOC(=O)N(C)CCCC1=CC2(CCCC2)c2ccccc21. The fourth-order valence-electron chi connectivity index (χ4n) is 4.14. The lowest BCUT2D eigenvalue weighted by Gasteiger charge is -2.22. The maximum absolute atomic E-state index is 11.7. The van der Waals surface area contributed by atoms with Crippen molar-refractivity contribution >= 4 is 11.7 Å². The van der Waals surface area contributed by atoms with Gasteiger partial charge in [-0.1, -0.05) is 43.2 Å². The zero-order chi connectivity index (χ0) is 16.3. The van der Waals surface area contributed by atoms with E-state index in [1.54, 1.807) is 4.90 Å². The molecule has 1 aromatic rings. The molecule has 1 fully saturated rings. The molecule has 1 spiro atoms. The molecule has 0 aromatic heterocycles. The van der Waals surface area contributed by atoms with Crippen LogP contribution >= 0.6 is 0 Å². The van der Waals surface area contributed by atoms with E-state index in [1.165, 1.54) is 42.4 Å². The quantitative estimate of drug-likeness (QED) is 0.784. The molecule has 2 aliphatic rings. The molecule has 3 nitrogen and oxygen atoms in total. The molecule has 0 atom stereocenters. The number of carbonyl (C=O) groups excluding carboxylic acids is 1. The van der Waals surface area contributed by atoms with Crippen LogP contribution in [0.5, 0.6) is 0 Å². The minimum atomic E-state index is -0.222. The Kier molecular flexibility index (Phi) is 4.74. The second-order valence-electron chi connectivity index (χ2n) is 6.80. The third kappa shape index (κ3) is 3.15. The Labute approximate surface area is 139 Å². The van der Waals surface area contributed by atoms with E-state index in [9.17, 15) is 4.79 Å². The standard InChI is InChI=1S/C20H27NO2/c1-3-23-19(22)21(2)14-8-9-16-15-20(12-6-7-13-20)18-11-5-4-10-17(16)18/h4-5,10-11,15H,3,6-9,12-14H2,1-2H3. The van der Waals surface area contributed by atoms with Gasteiger partial charge in [0.15, 0.2) is 0 Å². The molecule has 0 heterocycles. The molecule has 0 aliphatic heterocycles. The van der Waals surface area contributed by atoms with E-state index in [1.807, 2.05) is 14.0 Å². The van der Waals surface area contributed by atoms with Crippen LogP contribution < -0.4 is 0 Å². The van der Waals surface area contributed by atoms with Gasteiger partial charge in [-0.2, -0.15) is 0 Å². The summed E-state index contributed by atoms with van der Waals surface area (Å²) in [6.45, 7) is 3.02. The van der Waals surface area contributed by atoms with Gasteiger partial charge < -0.3 is 9.64 Å². The molecule has 1 amide bonds. The maximum Gasteiger partial charge on any atom is 0.409 e. The summed E-state index contributed by atoms with van der Waals surface area (Å²) in [6.07, 6.45) is 9.57. The second kappa shape index (κ2) is 6.77. The lowest BCUT2D eigenvalue weighted by Crippen LogP contribution is -2.28. The van der Waals surface area contributed by atoms with Gasteiger partial charge in [-0.3, -0.25) is 0 Å². The summed E-state index contributed by atoms with van der Waals surface area (Å²) in [5.41, 5.74) is 4.75. The van der Waals surface area contributed by atoms with Crippen molar-refractivity contribution in [3.8, 4) is 0 Å². The summed E-state index contributed by atoms with van der Waals surface area (Å²) in [6, 6.07) is 8.90. The first-order valence-electron chi connectivity index (χ1n) is 8.86. The number of carbonyl (C=O) groups is 1. The van der Waals surface area contributed by atoms with Crippen molar-refractivity contribution in [1.82, 2.24) is 4.90 Å². The molecule has 3 heteroatoms. The van der Waals surface area contributed by atoms with Gasteiger partial charge in [0.2, 0.25) is 0 Å². The van der Waals surface area contributed by atoms with E-state index in [0.29, 0.717) is 12.0 Å². The van der Waals surface area contributed by atoms with Crippen molar-refractivity contribution in [3.05, 3.63) is 41.5 Å². The highest BCUT2D eigenvalue weighted by atomic mass is 16.5. The predicted molar refractivity (Wildman–Crippen MR) is 93.5 cm³/mol. The largest absolute Gasteiger partial charge is 0.450 e. The van der Waals surface area contributed by atoms with E-state index >= 15 is 0 Å². The van der Waals surface area contributed by atoms with Gasteiger partial charge in [0.1, 0.15) is 0 Å². The Morgan fingerprint density at radius 3 is 2.74 bits per heavy atom. The van der Waals surface area contributed by atoms with Gasteiger partial charge in [0, 0.05) is 19.0 Å². The van der Waals surface area contributed by atoms with Gasteiger partial charge in [0.25, 0.3) is 0 Å². The smallest absolute Gasteiger partial charge is 0.409 e. The fourth-order valence-corrected chi connectivity index (χ4v) is 4.14. The van der Waals surface area contributed by atoms with Crippen molar-refractivity contribution in [2.24, 2.45) is 0 Å². The Morgan fingerprint density at radius 1 is 1.26 bits per heavy atom. The highest BCUT2D eigenvalue weighted by Crippen LogP contribution is 2.51. The zero-order valence-corrected chi connectivity index (χ0v) is 14.3. The lowest BCUT2D eigenvalue weighted by atomic mass is 9.81. The van der Waals surface area contributed by atoms with Crippen LogP contribution in [0.3, 0.4) is 0 Å². The van der Waals surface area contributed by atoms with Crippen LogP contribution in [-0.4, -0.2) is 31.2 Å². The number of ether oxygens (including phenoxy) is 1. The van der Waals surface area contributed by atoms with E-state index in [4.69, 9.17) is 4.74 Å². The van der Waals surface area contributed by atoms with Crippen LogP contribution in [0.25, 0.3) is 5.57 Å². The van der Waals surface area contributed by atoms with E-state index in [-0.39, 0.29) is 6.09 Å². The average molecular weight is 313 g/mol. The number of nitrogens with zero attached hydrogens (tertiary/aromatic N) is 1. The van der Waals surface area contributed by atoms with Crippen LogP contribution in [0.1, 0.15) is 56.6 Å². The Bertz CT molecular complexity index is 599. The monoisotopic (exact) mass is 313 g/mol. The van der Waals surface area contributed by atoms with Crippen LogP contribution in [0.15, 0.2) is 30.3 Å². The summed E-state index contributed by atoms with van der Waals surface area (Å²) in [5.74, 6) is 0. The summed E-state index contributed by atoms with van der Waals surface area (Å²) in [4.78, 5) is 13.3. The highest BCUT2D eigenvalue weighted by molar-refractivity contribution is 5.77. The summed E-state index contributed by atoms with van der Waals surface area (Å²) in [5, 5.41) is 0. The van der Waals surface area contributed by atoms with Gasteiger partial charge in [-0.05, 0) is 49.3 Å². The molecule has 3 rings (SSSR count). The van der Waals surface area contributed by atoms with Crippen molar-refractivity contribution in [3.63, 3.8) is 0 Å². The maximum atomic E-state index is 11.7. The topological polar surface area (TPSA) is 29.5 Å². The minimum Gasteiger partial charge on any atom is -0.450 e. The third-order valence-corrected chi connectivity index (χ3v) is 5.27. The predicted octanol–water partition coefficient (Wildman–Crippen LogP) is 4.76. The average Bonchev–Trinajstić information content (AvgIpc) is 3.15. The van der Waals surface area contributed by atoms with Crippen molar-refractivity contribution in [2.75, 3.05) is 20.2 Å². The van der Waals surface area contributed by atoms with E-state index < -0.39 is 0 Å². The molecular formula is C20H27NO2. The summed E-state index contributed by atoms with van der Waals surface area (Å²) >= 11 is 0.